The number of fused-ring (bicyclic) bond motifs is 1. The van der Waals surface area contributed by atoms with Gasteiger partial charge in [0.15, 0.2) is 11.4 Å². The third kappa shape index (κ3) is 2.86. The van der Waals surface area contributed by atoms with Crippen LogP contribution in [0.2, 0.25) is 0 Å². The standard InChI is InChI=1S/C23H20N4O3/c28-18-11-14-24-27-20(16-5-2-1-3-6-16)19(25-21(18)27)15-7-9-17(10-8-15)23(12-4-13-23)26-22(29)30/h1-3,5-11,14,26,28H,4,12-13H2,(H,29,30). The van der Waals surface area contributed by atoms with Crippen LogP contribution in [0.3, 0.4) is 0 Å². The molecule has 3 N–H and O–H groups in total. The summed E-state index contributed by atoms with van der Waals surface area (Å²) in [4.78, 5) is 15.9. The Kier molecular flexibility index (Phi) is 4.17. The molecule has 1 amide bonds. The Labute approximate surface area is 172 Å². The van der Waals surface area contributed by atoms with Crippen molar-refractivity contribution in [2.24, 2.45) is 0 Å². The van der Waals surface area contributed by atoms with E-state index in [0.717, 1.165) is 41.6 Å². The number of imidazole rings is 1. The SMILES string of the molecule is O=C(O)NC1(c2ccc(-c3nc4c(O)ccnn4c3-c3ccccc3)cc2)CCC1. The highest BCUT2D eigenvalue weighted by Crippen LogP contribution is 2.42. The van der Waals surface area contributed by atoms with Crippen molar-refractivity contribution in [1.29, 1.82) is 0 Å². The molecule has 7 nitrogen and oxygen atoms in total. The van der Waals surface area contributed by atoms with Gasteiger partial charge in [-0.15, -0.1) is 0 Å². The van der Waals surface area contributed by atoms with Crippen LogP contribution in [0.5, 0.6) is 5.75 Å². The third-order valence-corrected chi connectivity index (χ3v) is 5.81. The number of carbonyl (C=O) groups is 1. The quantitative estimate of drug-likeness (QED) is 0.471. The van der Waals surface area contributed by atoms with Crippen LogP contribution >= 0.6 is 0 Å². The normalized spacial score (nSPS) is 14.9. The number of hydrogen-bond donors (Lipinski definition) is 3. The zero-order valence-corrected chi connectivity index (χ0v) is 16.1. The van der Waals surface area contributed by atoms with E-state index in [0.29, 0.717) is 11.3 Å². The van der Waals surface area contributed by atoms with E-state index in [1.54, 1.807) is 10.7 Å². The molecule has 1 saturated carbocycles. The summed E-state index contributed by atoms with van der Waals surface area (Å²) >= 11 is 0. The van der Waals surface area contributed by atoms with Gasteiger partial charge in [0.2, 0.25) is 0 Å². The molecule has 0 saturated heterocycles. The summed E-state index contributed by atoms with van der Waals surface area (Å²) < 4.78 is 1.65. The van der Waals surface area contributed by atoms with Crippen LogP contribution in [-0.2, 0) is 5.54 Å². The van der Waals surface area contributed by atoms with Crippen LogP contribution in [0, 0.1) is 0 Å². The first-order valence-electron chi connectivity index (χ1n) is 9.82. The van der Waals surface area contributed by atoms with Gasteiger partial charge in [-0.05, 0) is 24.8 Å². The van der Waals surface area contributed by atoms with Gasteiger partial charge in [0.25, 0.3) is 0 Å². The van der Waals surface area contributed by atoms with E-state index in [2.05, 4.69) is 15.4 Å². The summed E-state index contributed by atoms with van der Waals surface area (Å²) in [5, 5.41) is 26.6. The fourth-order valence-electron chi connectivity index (χ4n) is 4.16. The monoisotopic (exact) mass is 400 g/mol. The Bertz CT molecular complexity index is 1230. The number of nitrogens with zero attached hydrogens (tertiary/aromatic N) is 3. The van der Waals surface area contributed by atoms with Crippen molar-refractivity contribution in [3.63, 3.8) is 0 Å². The number of aromatic nitrogens is 3. The van der Waals surface area contributed by atoms with Gasteiger partial charge in [0.05, 0.1) is 17.4 Å². The Morgan fingerprint density at radius 2 is 1.73 bits per heavy atom. The summed E-state index contributed by atoms with van der Waals surface area (Å²) in [5.41, 5.74) is 4.12. The average molecular weight is 400 g/mol. The highest BCUT2D eigenvalue weighted by atomic mass is 16.4. The minimum absolute atomic E-state index is 0.0594. The lowest BCUT2D eigenvalue weighted by Crippen LogP contribution is -2.50. The number of benzene rings is 2. The fraction of sp³-hybridized carbons (Fsp3) is 0.174. The third-order valence-electron chi connectivity index (χ3n) is 5.81. The van der Waals surface area contributed by atoms with Crippen molar-refractivity contribution in [2.75, 3.05) is 0 Å². The smallest absolute Gasteiger partial charge is 0.405 e. The summed E-state index contributed by atoms with van der Waals surface area (Å²) in [6, 6.07) is 19.1. The molecule has 30 heavy (non-hydrogen) atoms. The predicted octanol–water partition coefficient (Wildman–Crippen LogP) is 4.42. The largest absolute Gasteiger partial charge is 0.504 e. The van der Waals surface area contributed by atoms with Crippen LogP contribution < -0.4 is 5.32 Å². The van der Waals surface area contributed by atoms with Crippen molar-refractivity contribution in [3.8, 4) is 28.3 Å². The van der Waals surface area contributed by atoms with Crippen LogP contribution in [0.4, 0.5) is 4.79 Å². The molecule has 2 heterocycles. The van der Waals surface area contributed by atoms with Gasteiger partial charge in [-0.1, -0.05) is 54.6 Å². The first kappa shape index (κ1) is 18.2. The van der Waals surface area contributed by atoms with Crippen LogP contribution in [0.15, 0.2) is 66.9 Å². The van der Waals surface area contributed by atoms with Crippen molar-refractivity contribution < 1.29 is 15.0 Å². The molecule has 1 aliphatic carbocycles. The Morgan fingerprint density at radius 1 is 1.00 bits per heavy atom. The van der Waals surface area contributed by atoms with E-state index in [9.17, 15) is 15.0 Å². The number of amides is 1. The van der Waals surface area contributed by atoms with Crippen molar-refractivity contribution in [3.05, 3.63) is 72.4 Å². The molecule has 0 radical (unpaired) electrons. The fourth-order valence-corrected chi connectivity index (χ4v) is 4.16. The van der Waals surface area contributed by atoms with Gasteiger partial charge in [0, 0.05) is 17.2 Å². The molecule has 5 rings (SSSR count). The van der Waals surface area contributed by atoms with Gasteiger partial charge < -0.3 is 15.5 Å². The summed E-state index contributed by atoms with van der Waals surface area (Å²) in [5.74, 6) is 0.0594. The molecule has 1 fully saturated rings. The first-order chi connectivity index (χ1) is 14.6. The van der Waals surface area contributed by atoms with E-state index >= 15 is 0 Å². The minimum Gasteiger partial charge on any atom is -0.504 e. The first-order valence-corrected chi connectivity index (χ1v) is 9.82. The predicted molar refractivity (Wildman–Crippen MR) is 112 cm³/mol. The van der Waals surface area contributed by atoms with Crippen molar-refractivity contribution in [1.82, 2.24) is 19.9 Å². The van der Waals surface area contributed by atoms with Gasteiger partial charge in [-0.3, -0.25) is 0 Å². The second-order valence-electron chi connectivity index (χ2n) is 7.57. The van der Waals surface area contributed by atoms with Crippen LogP contribution in [0.1, 0.15) is 24.8 Å². The second-order valence-corrected chi connectivity index (χ2v) is 7.57. The molecular formula is C23H20N4O3. The van der Waals surface area contributed by atoms with E-state index in [1.807, 2.05) is 54.6 Å². The van der Waals surface area contributed by atoms with Gasteiger partial charge in [-0.25, -0.2) is 14.3 Å². The lowest BCUT2D eigenvalue weighted by Gasteiger charge is -2.42. The molecule has 4 aromatic rings. The van der Waals surface area contributed by atoms with E-state index in [1.165, 1.54) is 6.07 Å². The van der Waals surface area contributed by atoms with Crippen molar-refractivity contribution in [2.45, 2.75) is 24.8 Å². The van der Waals surface area contributed by atoms with E-state index < -0.39 is 11.6 Å². The number of nitrogens with one attached hydrogen (secondary N) is 1. The van der Waals surface area contributed by atoms with Gasteiger partial charge >= 0.3 is 6.09 Å². The molecule has 0 bridgehead atoms. The zero-order chi connectivity index (χ0) is 20.7. The molecule has 1 aliphatic rings. The van der Waals surface area contributed by atoms with Crippen LogP contribution in [0.25, 0.3) is 28.2 Å². The molecule has 2 aromatic heterocycles. The molecule has 0 unspecified atom stereocenters. The van der Waals surface area contributed by atoms with Crippen molar-refractivity contribution >= 4 is 11.7 Å². The highest BCUT2D eigenvalue weighted by Gasteiger charge is 2.40. The maximum atomic E-state index is 11.2. The molecule has 0 aliphatic heterocycles. The minimum atomic E-state index is -1.01. The lowest BCUT2D eigenvalue weighted by atomic mass is 9.72. The summed E-state index contributed by atoms with van der Waals surface area (Å²) in [7, 11) is 0. The molecule has 150 valence electrons. The van der Waals surface area contributed by atoms with Gasteiger partial charge in [-0.2, -0.15) is 5.10 Å². The maximum Gasteiger partial charge on any atom is 0.405 e. The maximum absolute atomic E-state index is 11.2. The zero-order valence-electron chi connectivity index (χ0n) is 16.1. The second kappa shape index (κ2) is 6.88. The average Bonchev–Trinajstić information content (AvgIpc) is 3.12. The van der Waals surface area contributed by atoms with Gasteiger partial charge in [0.1, 0.15) is 5.69 Å². The topological polar surface area (TPSA) is 99.8 Å². The molecule has 0 spiro atoms. The molecular weight excluding hydrogens is 380 g/mol. The lowest BCUT2D eigenvalue weighted by molar-refractivity contribution is 0.144. The number of carboxylic acid groups (broad SMARTS) is 1. The van der Waals surface area contributed by atoms with E-state index in [4.69, 9.17) is 0 Å². The number of hydrogen-bond acceptors (Lipinski definition) is 4. The Morgan fingerprint density at radius 3 is 2.37 bits per heavy atom. The Hall–Kier alpha value is -3.87. The molecule has 0 atom stereocenters. The summed E-state index contributed by atoms with van der Waals surface area (Å²) in [6.45, 7) is 0. The Balaban J connectivity index is 1.63. The van der Waals surface area contributed by atoms with E-state index in [-0.39, 0.29) is 5.75 Å². The summed E-state index contributed by atoms with van der Waals surface area (Å²) in [6.07, 6.45) is 3.12. The molecule has 7 heteroatoms. The highest BCUT2D eigenvalue weighted by molar-refractivity contribution is 5.82. The number of rotatable bonds is 4. The number of aromatic hydroxyl groups is 1. The molecule has 2 aromatic carbocycles. The van der Waals surface area contributed by atoms with Crippen LogP contribution in [-0.4, -0.2) is 30.9 Å².